The molecule has 0 fully saturated rings. The van der Waals surface area contributed by atoms with Crippen molar-refractivity contribution >= 4 is 21.8 Å². The third kappa shape index (κ3) is 3.07. The van der Waals surface area contributed by atoms with Gasteiger partial charge in [-0.25, -0.2) is 4.98 Å². The van der Waals surface area contributed by atoms with E-state index in [0.717, 1.165) is 10.0 Å². The molecule has 0 unspecified atom stereocenters. The van der Waals surface area contributed by atoms with Crippen molar-refractivity contribution < 1.29 is 4.74 Å². The van der Waals surface area contributed by atoms with E-state index >= 15 is 0 Å². The molecule has 0 spiro atoms. The number of benzene rings is 1. The number of nitrogens with one attached hydrogen (secondary N) is 1. The van der Waals surface area contributed by atoms with E-state index < -0.39 is 0 Å². The van der Waals surface area contributed by atoms with E-state index in [0.29, 0.717) is 18.1 Å². The van der Waals surface area contributed by atoms with Crippen molar-refractivity contribution in [2.45, 2.75) is 6.61 Å². The first-order chi connectivity index (χ1) is 8.66. The van der Waals surface area contributed by atoms with Crippen LogP contribution in [0.15, 0.2) is 47.1 Å². The molecular weight excluding hydrogens is 294 g/mol. The summed E-state index contributed by atoms with van der Waals surface area (Å²) in [7, 11) is 0. The van der Waals surface area contributed by atoms with Crippen LogP contribution < -0.4 is 10.5 Å². The van der Waals surface area contributed by atoms with E-state index in [-0.39, 0.29) is 5.84 Å². The van der Waals surface area contributed by atoms with Crippen LogP contribution >= 0.6 is 15.9 Å². The van der Waals surface area contributed by atoms with E-state index in [4.69, 9.17) is 15.9 Å². The lowest BCUT2D eigenvalue weighted by Crippen LogP contribution is -2.12. The van der Waals surface area contributed by atoms with Crippen molar-refractivity contribution in [1.82, 2.24) is 4.98 Å². The molecule has 2 rings (SSSR count). The molecule has 0 amide bonds. The predicted octanol–water partition coefficient (Wildman–Crippen LogP) is 2.71. The molecule has 0 aliphatic rings. The Labute approximate surface area is 113 Å². The maximum absolute atomic E-state index is 7.24. The number of nitrogen functional groups attached to an aromatic ring is 1. The summed E-state index contributed by atoms with van der Waals surface area (Å²) < 4.78 is 6.62. The van der Waals surface area contributed by atoms with Crippen molar-refractivity contribution in [2.24, 2.45) is 5.73 Å². The molecule has 1 aromatic carbocycles. The fourth-order valence-corrected chi connectivity index (χ4v) is 1.80. The summed E-state index contributed by atoms with van der Waals surface area (Å²) in [5, 5.41) is 7.24. The number of hydrogen-bond acceptors (Lipinski definition) is 3. The maximum Gasteiger partial charge on any atom is 0.141 e. The van der Waals surface area contributed by atoms with Gasteiger partial charge in [0.05, 0.1) is 6.20 Å². The normalized spacial score (nSPS) is 10.1. The van der Waals surface area contributed by atoms with Crippen LogP contribution in [0.4, 0.5) is 0 Å². The summed E-state index contributed by atoms with van der Waals surface area (Å²) in [6, 6.07) is 11.3. The number of ether oxygens (including phenoxy) is 1. The first kappa shape index (κ1) is 12.6. The first-order valence-corrected chi connectivity index (χ1v) is 6.13. The number of nitrogens with zero attached hydrogens (tertiary/aromatic N) is 1. The van der Waals surface area contributed by atoms with Crippen molar-refractivity contribution in [2.75, 3.05) is 0 Å². The highest BCUT2D eigenvalue weighted by molar-refractivity contribution is 9.10. The molecule has 0 saturated carbocycles. The van der Waals surface area contributed by atoms with Gasteiger partial charge in [-0.2, -0.15) is 0 Å². The summed E-state index contributed by atoms with van der Waals surface area (Å²) in [6.45, 7) is 0.461. The van der Waals surface area contributed by atoms with Crippen LogP contribution in [0.25, 0.3) is 0 Å². The van der Waals surface area contributed by atoms with Crippen LogP contribution in [0, 0.1) is 5.41 Å². The number of aromatic nitrogens is 1. The third-order valence-corrected chi connectivity index (χ3v) is 3.14. The lowest BCUT2D eigenvalue weighted by molar-refractivity contribution is 0.304. The monoisotopic (exact) mass is 305 g/mol. The zero-order valence-corrected chi connectivity index (χ0v) is 11.1. The minimum atomic E-state index is -0.0487. The van der Waals surface area contributed by atoms with Gasteiger partial charge in [-0.15, -0.1) is 0 Å². The summed E-state index contributed by atoms with van der Waals surface area (Å²) in [5.74, 6) is 0.600. The Kier molecular flexibility index (Phi) is 3.94. The second-order valence-electron chi connectivity index (χ2n) is 3.67. The zero-order chi connectivity index (χ0) is 13.0. The van der Waals surface area contributed by atoms with E-state index in [2.05, 4.69) is 20.9 Å². The third-order valence-electron chi connectivity index (χ3n) is 2.36. The molecule has 0 radical (unpaired) electrons. The van der Waals surface area contributed by atoms with Gasteiger partial charge in [-0.3, -0.25) is 5.41 Å². The molecule has 92 valence electrons. The van der Waals surface area contributed by atoms with Crippen molar-refractivity contribution in [3.8, 4) is 5.75 Å². The first-order valence-electron chi connectivity index (χ1n) is 5.33. The number of hydrogen-bond donors (Lipinski definition) is 2. The number of pyridine rings is 1. The van der Waals surface area contributed by atoms with E-state index in [1.807, 2.05) is 24.3 Å². The molecule has 1 heterocycles. The molecule has 0 bridgehead atoms. The number of rotatable bonds is 4. The van der Waals surface area contributed by atoms with Gasteiger partial charge >= 0.3 is 0 Å². The number of nitrogens with two attached hydrogens (primary N) is 1. The second kappa shape index (κ2) is 5.64. The second-order valence-corrected chi connectivity index (χ2v) is 4.53. The van der Waals surface area contributed by atoms with Gasteiger partial charge in [0.15, 0.2) is 0 Å². The highest BCUT2D eigenvalue weighted by atomic mass is 79.9. The highest BCUT2D eigenvalue weighted by Crippen LogP contribution is 2.18. The lowest BCUT2D eigenvalue weighted by Gasteiger charge is -2.07. The van der Waals surface area contributed by atoms with Crippen LogP contribution in [-0.4, -0.2) is 10.8 Å². The van der Waals surface area contributed by atoms with Crippen LogP contribution in [0.2, 0.25) is 0 Å². The van der Waals surface area contributed by atoms with Crippen molar-refractivity contribution in [3.63, 3.8) is 0 Å². The molecular formula is C13H12BrN3O. The molecule has 2 aromatic rings. The van der Waals surface area contributed by atoms with Gasteiger partial charge in [0.2, 0.25) is 0 Å². The van der Waals surface area contributed by atoms with Crippen LogP contribution in [-0.2, 0) is 6.61 Å². The van der Waals surface area contributed by atoms with Gasteiger partial charge in [0, 0.05) is 10.0 Å². The Morgan fingerprint density at radius 1 is 1.28 bits per heavy atom. The molecule has 5 heteroatoms. The Morgan fingerprint density at radius 3 is 2.67 bits per heavy atom. The average molecular weight is 306 g/mol. The predicted molar refractivity (Wildman–Crippen MR) is 73.7 cm³/mol. The maximum atomic E-state index is 7.24. The smallest absolute Gasteiger partial charge is 0.141 e. The van der Waals surface area contributed by atoms with E-state index in [9.17, 15) is 0 Å². The largest absolute Gasteiger partial charge is 0.487 e. The van der Waals surface area contributed by atoms with Gasteiger partial charge < -0.3 is 10.5 Å². The standard InChI is InChI=1S/C13H12BrN3O/c14-11-4-2-1-3-9(11)8-18-10-5-6-12(13(15)16)17-7-10/h1-7H,8H2,(H3,15,16). The molecule has 3 N–H and O–H groups in total. The summed E-state index contributed by atoms with van der Waals surface area (Å²) in [5.41, 5.74) is 6.83. The molecule has 0 atom stereocenters. The molecule has 0 aliphatic heterocycles. The Balaban J connectivity index is 2.02. The molecule has 4 nitrogen and oxygen atoms in total. The van der Waals surface area contributed by atoms with E-state index in [1.165, 1.54) is 0 Å². The summed E-state index contributed by atoms with van der Waals surface area (Å²) >= 11 is 3.46. The van der Waals surface area contributed by atoms with Crippen LogP contribution in [0.3, 0.4) is 0 Å². The zero-order valence-electron chi connectivity index (χ0n) is 9.56. The van der Waals surface area contributed by atoms with Gasteiger partial charge in [-0.05, 0) is 18.2 Å². The lowest BCUT2D eigenvalue weighted by atomic mass is 10.2. The Morgan fingerprint density at radius 2 is 2.06 bits per heavy atom. The minimum absolute atomic E-state index is 0.0487. The topological polar surface area (TPSA) is 72.0 Å². The van der Waals surface area contributed by atoms with Crippen molar-refractivity contribution in [3.05, 3.63) is 58.3 Å². The van der Waals surface area contributed by atoms with E-state index in [1.54, 1.807) is 18.3 Å². The summed E-state index contributed by atoms with van der Waals surface area (Å²) in [6.07, 6.45) is 1.56. The van der Waals surface area contributed by atoms with Gasteiger partial charge in [0.1, 0.15) is 23.9 Å². The SMILES string of the molecule is N=C(N)c1ccc(OCc2ccccc2Br)cn1. The molecule has 0 aliphatic carbocycles. The summed E-state index contributed by atoms with van der Waals surface area (Å²) in [4.78, 5) is 4.03. The number of amidine groups is 1. The fourth-order valence-electron chi connectivity index (χ4n) is 1.40. The number of halogens is 1. The van der Waals surface area contributed by atoms with Gasteiger partial charge in [0.25, 0.3) is 0 Å². The average Bonchev–Trinajstić information content (AvgIpc) is 2.38. The van der Waals surface area contributed by atoms with Crippen LogP contribution in [0.1, 0.15) is 11.3 Å². The minimum Gasteiger partial charge on any atom is -0.487 e. The fraction of sp³-hybridized carbons (Fsp3) is 0.0769. The highest BCUT2D eigenvalue weighted by Gasteiger charge is 2.02. The Hall–Kier alpha value is -1.88. The molecule has 1 aromatic heterocycles. The molecule has 0 saturated heterocycles. The van der Waals surface area contributed by atoms with Crippen molar-refractivity contribution in [1.29, 1.82) is 5.41 Å². The van der Waals surface area contributed by atoms with Crippen LogP contribution in [0.5, 0.6) is 5.75 Å². The Bertz CT molecular complexity index is 554. The molecule has 18 heavy (non-hydrogen) atoms. The van der Waals surface area contributed by atoms with Gasteiger partial charge in [-0.1, -0.05) is 34.1 Å². The quantitative estimate of drug-likeness (QED) is 0.674.